The number of ether oxygens (including phenoxy) is 1. The maximum atomic E-state index is 5.61. The summed E-state index contributed by atoms with van der Waals surface area (Å²) in [5.74, 6) is 0.235. The van der Waals surface area contributed by atoms with Crippen LogP contribution in [0.4, 0.5) is 5.95 Å². The zero-order valence-corrected chi connectivity index (χ0v) is 10.2. The van der Waals surface area contributed by atoms with Gasteiger partial charge in [-0.1, -0.05) is 24.6 Å². The molecule has 1 saturated carbocycles. The quantitative estimate of drug-likeness (QED) is 0.866. The van der Waals surface area contributed by atoms with Crippen molar-refractivity contribution in [1.29, 1.82) is 0 Å². The number of nitrogens with zero attached hydrogens (tertiary/aromatic N) is 3. The largest absolute Gasteiger partial charge is 0.464 e. The smallest absolute Gasteiger partial charge is 0.322 e. The molecule has 0 unspecified atom stereocenters. The van der Waals surface area contributed by atoms with Crippen LogP contribution < -0.4 is 10.5 Å². The number of nitrogen functional groups attached to an aromatic ring is 1. The Morgan fingerprint density at radius 1 is 1.31 bits per heavy atom. The first-order valence-corrected chi connectivity index (χ1v) is 6.47. The van der Waals surface area contributed by atoms with Crippen LogP contribution in [-0.2, 0) is 0 Å². The van der Waals surface area contributed by atoms with Crippen molar-refractivity contribution in [1.82, 2.24) is 15.0 Å². The molecule has 2 rings (SSSR count). The summed E-state index contributed by atoms with van der Waals surface area (Å²) in [7, 11) is 0. The average molecular weight is 240 g/mol. The van der Waals surface area contributed by atoms with Crippen LogP contribution in [0.2, 0.25) is 0 Å². The van der Waals surface area contributed by atoms with Crippen molar-refractivity contribution in [3.8, 4) is 6.01 Å². The Hall–Kier alpha value is -1.04. The summed E-state index contributed by atoms with van der Waals surface area (Å²) in [6.07, 6.45) is 5.08. The first-order chi connectivity index (χ1) is 7.78. The van der Waals surface area contributed by atoms with Crippen LogP contribution in [0.3, 0.4) is 0 Å². The van der Waals surface area contributed by atoms with E-state index < -0.39 is 0 Å². The topological polar surface area (TPSA) is 73.9 Å². The van der Waals surface area contributed by atoms with Crippen molar-refractivity contribution in [3.63, 3.8) is 0 Å². The van der Waals surface area contributed by atoms with Crippen LogP contribution in [0.1, 0.15) is 32.6 Å². The second-order valence-corrected chi connectivity index (χ2v) is 4.98. The van der Waals surface area contributed by atoms with Crippen LogP contribution >= 0.6 is 11.8 Å². The molecule has 1 aliphatic carbocycles. The summed E-state index contributed by atoms with van der Waals surface area (Å²) in [6, 6.07) is 0.329. The minimum atomic E-state index is 0.235. The molecule has 6 heteroatoms. The predicted octanol–water partition coefficient (Wildman–Crippen LogP) is 1.89. The van der Waals surface area contributed by atoms with Crippen LogP contribution in [0, 0.1) is 0 Å². The Morgan fingerprint density at radius 2 is 2.06 bits per heavy atom. The number of thioether (sulfide) groups is 1. The molecular formula is C10H16N4OS. The second kappa shape index (κ2) is 5.34. The van der Waals surface area contributed by atoms with Crippen LogP contribution in [0.15, 0.2) is 5.16 Å². The highest BCUT2D eigenvalue weighted by Crippen LogP contribution is 2.33. The minimum Gasteiger partial charge on any atom is -0.464 e. The number of hydrogen-bond donors (Lipinski definition) is 1. The van der Waals surface area contributed by atoms with E-state index >= 15 is 0 Å². The summed E-state index contributed by atoms with van der Waals surface area (Å²) in [5.41, 5.74) is 5.61. The van der Waals surface area contributed by atoms with E-state index in [0.29, 0.717) is 23.0 Å². The molecule has 0 amide bonds. The number of anilines is 1. The summed E-state index contributed by atoms with van der Waals surface area (Å²) < 4.78 is 5.24. The number of hydrogen-bond acceptors (Lipinski definition) is 6. The van der Waals surface area contributed by atoms with Gasteiger partial charge >= 0.3 is 6.01 Å². The summed E-state index contributed by atoms with van der Waals surface area (Å²) in [5, 5.41) is 1.30. The minimum absolute atomic E-state index is 0.235. The lowest BCUT2D eigenvalue weighted by Crippen LogP contribution is -2.06. The normalized spacial score (nSPS) is 16.6. The fraction of sp³-hybridized carbons (Fsp3) is 0.700. The zero-order chi connectivity index (χ0) is 11.4. The Bertz CT molecular complexity index is 355. The maximum Gasteiger partial charge on any atom is 0.322 e. The molecule has 0 aliphatic heterocycles. The van der Waals surface area contributed by atoms with Gasteiger partial charge in [-0.05, 0) is 19.8 Å². The fourth-order valence-corrected chi connectivity index (χ4v) is 2.90. The van der Waals surface area contributed by atoms with E-state index in [1.165, 1.54) is 25.7 Å². The van der Waals surface area contributed by atoms with Gasteiger partial charge in [-0.3, -0.25) is 0 Å². The Morgan fingerprint density at radius 3 is 2.75 bits per heavy atom. The third-order valence-corrected chi connectivity index (χ3v) is 3.66. The molecule has 1 aromatic rings. The molecule has 88 valence electrons. The predicted molar refractivity (Wildman–Crippen MR) is 63.5 cm³/mol. The molecule has 16 heavy (non-hydrogen) atoms. The van der Waals surface area contributed by atoms with Crippen molar-refractivity contribution >= 4 is 17.7 Å². The zero-order valence-electron chi connectivity index (χ0n) is 9.35. The molecule has 0 saturated heterocycles. The second-order valence-electron chi connectivity index (χ2n) is 3.72. The maximum absolute atomic E-state index is 5.61. The van der Waals surface area contributed by atoms with Gasteiger partial charge in [0.05, 0.1) is 6.61 Å². The fourth-order valence-electron chi connectivity index (χ4n) is 1.75. The first-order valence-electron chi connectivity index (χ1n) is 5.59. The number of rotatable bonds is 4. The van der Waals surface area contributed by atoms with E-state index in [2.05, 4.69) is 15.0 Å². The lowest BCUT2D eigenvalue weighted by molar-refractivity contribution is 0.308. The Kier molecular flexibility index (Phi) is 3.82. The third kappa shape index (κ3) is 2.98. The van der Waals surface area contributed by atoms with E-state index in [-0.39, 0.29) is 5.95 Å². The van der Waals surface area contributed by atoms with E-state index in [4.69, 9.17) is 10.5 Å². The highest BCUT2D eigenvalue weighted by molar-refractivity contribution is 7.99. The SMILES string of the molecule is CCOc1nc(N)nc(SC2CCCC2)n1. The van der Waals surface area contributed by atoms with E-state index in [9.17, 15) is 0 Å². The molecule has 0 spiro atoms. The molecule has 2 N–H and O–H groups in total. The van der Waals surface area contributed by atoms with Gasteiger partial charge in [0.1, 0.15) is 0 Å². The molecule has 1 fully saturated rings. The van der Waals surface area contributed by atoms with E-state index in [0.717, 1.165) is 0 Å². The third-order valence-electron chi connectivity index (χ3n) is 2.46. The first kappa shape index (κ1) is 11.4. The van der Waals surface area contributed by atoms with Gasteiger partial charge in [-0.2, -0.15) is 15.0 Å². The highest BCUT2D eigenvalue weighted by Gasteiger charge is 2.18. The molecular weight excluding hydrogens is 224 g/mol. The standard InChI is InChI=1S/C10H16N4OS/c1-2-15-9-12-8(11)13-10(14-9)16-7-5-3-4-6-7/h7H,2-6H2,1H3,(H2,11,12,13,14). The lowest BCUT2D eigenvalue weighted by Gasteiger charge is -2.08. The molecule has 0 bridgehead atoms. The van der Waals surface area contributed by atoms with Crippen molar-refractivity contribution in [2.75, 3.05) is 12.3 Å². The molecule has 1 aromatic heterocycles. The van der Waals surface area contributed by atoms with Gasteiger partial charge in [-0.25, -0.2) is 0 Å². The van der Waals surface area contributed by atoms with Gasteiger partial charge < -0.3 is 10.5 Å². The van der Waals surface area contributed by atoms with Crippen molar-refractivity contribution in [3.05, 3.63) is 0 Å². The van der Waals surface area contributed by atoms with Crippen molar-refractivity contribution < 1.29 is 4.74 Å². The highest BCUT2D eigenvalue weighted by atomic mass is 32.2. The summed E-state index contributed by atoms with van der Waals surface area (Å²) >= 11 is 1.68. The van der Waals surface area contributed by atoms with Gasteiger partial charge in [-0.15, -0.1) is 0 Å². The van der Waals surface area contributed by atoms with Crippen LogP contribution in [-0.4, -0.2) is 26.8 Å². The van der Waals surface area contributed by atoms with Gasteiger partial charge in [0.2, 0.25) is 5.95 Å². The monoisotopic (exact) mass is 240 g/mol. The molecule has 1 heterocycles. The molecule has 1 aliphatic rings. The Balaban J connectivity index is 2.06. The van der Waals surface area contributed by atoms with Crippen molar-refractivity contribution in [2.45, 2.75) is 43.0 Å². The number of nitrogens with two attached hydrogens (primary N) is 1. The Labute approximate surface area is 99.2 Å². The summed E-state index contributed by atoms with van der Waals surface area (Å²) in [4.78, 5) is 12.3. The van der Waals surface area contributed by atoms with Crippen LogP contribution in [0.5, 0.6) is 6.01 Å². The average Bonchev–Trinajstić information content (AvgIpc) is 2.70. The van der Waals surface area contributed by atoms with Gasteiger partial charge in [0.25, 0.3) is 0 Å². The lowest BCUT2D eigenvalue weighted by atomic mass is 10.4. The van der Waals surface area contributed by atoms with Crippen molar-refractivity contribution in [2.24, 2.45) is 0 Å². The van der Waals surface area contributed by atoms with Gasteiger partial charge in [0, 0.05) is 5.25 Å². The molecule has 5 nitrogen and oxygen atoms in total. The van der Waals surface area contributed by atoms with E-state index in [1.54, 1.807) is 11.8 Å². The molecule has 0 atom stereocenters. The van der Waals surface area contributed by atoms with E-state index in [1.807, 2.05) is 6.92 Å². The van der Waals surface area contributed by atoms with Gasteiger partial charge in [0.15, 0.2) is 5.16 Å². The number of aromatic nitrogens is 3. The molecule has 0 aromatic carbocycles. The molecule has 0 radical (unpaired) electrons. The summed E-state index contributed by atoms with van der Waals surface area (Å²) in [6.45, 7) is 2.43. The van der Waals surface area contributed by atoms with Crippen LogP contribution in [0.25, 0.3) is 0 Å².